The zero-order chi connectivity index (χ0) is 20.1. The normalized spacial score (nSPS) is 20.2. The number of rotatable bonds is 4. The van der Waals surface area contributed by atoms with E-state index in [1.54, 1.807) is 32.0 Å². The Balaban J connectivity index is 1.96. The molecule has 0 radical (unpaired) electrons. The fourth-order valence-electron chi connectivity index (χ4n) is 3.28. The molecule has 6 heteroatoms. The first kappa shape index (κ1) is 19.4. The number of ether oxygens (including phenoxy) is 1. The minimum atomic E-state index is -0.929. The standard InChI is InChI=1S/C22H22N4O2/c1-22(2)21(27)20(17-12-16(13-23)8-10-18(17)28-22)26-19(25-14-24)11-9-15-6-4-3-5-7-15/h3-8,10,12,20-21,27H,9,11H2,1-2H3,(H,25,26)/t20-,21+/m1/s1. The van der Waals surface area contributed by atoms with Gasteiger partial charge in [0.1, 0.15) is 29.3 Å². The Hall–Kier alpha value is -3.35. The van der Waals surface area contributed by atoms with Gasteiger partial charge in [0.2, 0.25) is 0 Å². The van der Waals surface area contributed by atoms with Gasteiger partial charge in [0, 0.05) is 12.0 Å². The van der Waals surface area contributed by atoms with Crippen molar-refractivity contribution in [2.75, 3.05) is 0 Å². The maximum Gasteiger partial charge on any atom is 0.182 e. The lowest BCUT2D eigenvalue weighted by atomic mass is 9.86. The lowest BCUT2D eigenvalue weighted by Crippen LogP contribution is -2.48. The molecule has 142 valence electrons. The van der Waals surface area contributed by atoms with Gasteiger partial charge < -0.3 is 9.84 Å². The number of hydrogen-bond acceptors (Lipinski definition) is 5. The Morgan fingerprint density at radius 3 is 2.64 bits per heavy atom. The smallest absolute Gasteiger partial charge is 0.182 e. The maximum absolute atomic E-state index is 10.9. The summed E-state index contributed by atoms with van der Waals surface area (Å²) in [5.41, 5.74) is 1.39. The van der Waals surface area contributed by atoms with Gasteiger partial charge in [-0.3, -0.25) is 10.3 Å². The third-order valence-electron chi connectivity index (χ3n) is 4.83. The number of aryl methyl sites for hydroxylation is 1. The second kappa shape index (κ2) is 8.12. The van der Waals surface area contributed by atoms with Crippen LogP contribution >= 0.6 is 0 Å². The van der Waals surface area contributed by atoms with Crippen LogP contribution in [0.5, 0.6) is 5.75 Å². The molecule has 0 fully saturated rings. The summed E-state index contributed by atoms with van der Waals surface area (Å²) in [7, 11) is 0. The van der Waals surface area contributed by atoms with Crippen LogP contribution in [-0.4, -0.2) is 22.6 Å². The van der Waals surface area contributed by atoms with E-state index in [9.17, 15) is 10.4 Å². The maximum atomic E-state index is 10.9. The van der Waals surface area contributed by atoms with Crippen LogP contribution in [0.1, 0.15) is 43.0 Å². The molecule has 1 aliphatic heterocycles. The van der Waals surface area contributed by atoms with Crippen molar-refractivity contribution in [1.82, 2.24) is 5.32 Å². The fourth-order valence-corrected chi connectivity index (χ4v) is 3.28. The number of amidine groups is 1. The third kappa shape index (κ3) is 4.14. The van der Waals surface area contributed by atoms with Crippen molar-refractivity contribution in [3.05, 3.63) is 65.2 Å². The second-order valence-corrected chi connectivity index (χ2v) is 7.26. The molecule has 28 heavy (non-hydrogen) atoms. The Morgan fingerprint density at radius 2 is 1.96 bits per heavy atom. The highest BCUT2D eigenvalue weighted by atomic mass is 16.5. The van der Waals surface area contributed by atoms with Crippen LogP contribution in [0.3, 0.4) is 0 Å². The molecule has 2 aromatic carbocycles. The number of benzene rings is 2. The molecule has 1 heterocycles. The van der Waals surface area contributed by atoms with E-state index in [-0.39, 0.29) is 0 Å². The average molecular weight is 374 g/mol. The van der Waals surface area contributed by atoms with Gasteiger partial charge in [-0.1, -0.05) is 30.3 Å². The number of nitrogens with zero attached hydrogens (tertiary/aromatic N) is 3. The Bertz CT molecular complexity index is 955. The molecule has 2 N–H and O–H groups in total. The number of nitrogens with one attached hydrogen (secondary N) is 1. The summed E-state index contributed by atoms with van der Waals surface area (Å²) < 4.78 is 5.92. The molecule has 3 rings (SSSR count). The van der Waals surface area contributed by atoms with Gasteiger partial charge in [0.25, 0.3) is 0 Å². The van der Waals surface area contributed by atoms with E-state index in [4.69, 9.17) is 10.00 Å². The first-order valence-electron chi connectivity index (χ1n) is 9.11. The summed E-state index contributed by atoms with van der Waals surface area (Å²) in [6.45, 7) is 3.59. The summed E-state index contributed by atoms with van der Waals surface area (Å²) >= 11 is 0. The van der Waals surface area contributed by atoms with E-state index >= 15 is 0 Å². The molecule has 0 bridgehead atoms. The Kier molecular flexibility index (Phi) is 5.63. The summed E-state index contributed by atoms with van der Waals surface area (Å²) in [6.07, 6.45) is 2.23. The first-order valence-corrected chi connectivity index (χ1v) is 9.11. The number of aliphatic imine (C=N–C) groups is 1. The highest BCUT2D eigenvalue weighted by molar-refractivity contribution is 5.84. The number of aliphatic hydroxyl groups excluding tert-OH is 1. The fraction of sp³-hybridized carbons (Fsp3) is 0.318. The van der Waals surface area contributed by atoms with Crippen molar-refractivity contribution < 1.29 is 9.84 Å². The molecule has 0 saturated heterocycles. The van der Waals surface area contributed by atoms with Crippen molar-refractivity contribution in [2.45, 2.75) is 44.4 Å². The molecule has 1 aliphatic rings. The van der Waals surface area contributed by atoms with E-state index in [1.807, 2.05) is 36.5 Å². The summed E-state index contributed by atoms with van der Waals surface area (Å²) in [6, 6.07) is 16.5. The zero-order valence-corrected chi connectivity index (χ0v) is 15.9. The van der Waals surface area contributed by atoms with E-state index in [0.717, 1.165) is 5.56 Å². The van der Waals surface area contributed by atoms with Crippen LogP contribution in [-0.2, 0) is 6.42 Å². The molecule has 2 aromatic rings. The molecule has 0 aromatic heterocycles. The first-order chi connectivity index (χ1) is 13.4. The molecule has 6 nitrogen and oxygen atoms in total. The van der Waals surface area contributed by atoms with Crippen molar-refractivity contribution in [1.29, 1.82) is 10.5 Å². The lowest BCUT2D eigenvalue weighted by Gasteiger charge is -2.40. The molecule has 0 aliphatic carbocycles. The van der Waals surface area contributed by atoms with Gasteiger partial charge in [0.15, 0.2) is 6.19 Å². The van der Waals surface area contributed by atoms with Gasteiger partial charge in [-0.15, -0.1) is 0 Å². The number of hydrogen-bond donors (Lipinski definition) is 2. The highest BCUT2D eigenvalue weighted by Gasteiger charge is 2.43. The Morgan fingerprint density at radius 1 is 1.21 bits per heavy atom. The predicted molar refractivity (Wildman–Crippen MR) is 106 cm³/mol. The van der Waals surface area contributed by atoms with Gasteiger partial charge in [-0.2, -0.15) is 10.5 Å². The number of fused-ring (bicyclic) bond motifs is 1. The summed E-state index contributed by atoms with van der Waals surface area (Å²) in [5, 5.41) is 31.9. The lowest BCUT2D eigenvalue weighted by molar-refractivity contribution is -0.0567. The monoisotopic (exact) mass is 374 g/mol. The molecule has 0 saturated carbocycles. The molecule has 0 unspecified atom stereocenters. The van der Waals surface area contributed by atoms with E-state index in [2.05, 4.69) is 16.4 Å². The largest absolute Gasteiger partial charge is 0.485 e. The summed E-state index contributed by atoms with van der Waals surface area (Å²) in [5.74, 6) is 1.07. The molecule has 2 atom stereocenters. The van der Waals surface area contributed by atoms with Crippen LogP contribution < -0.4 is 10.1 Å². The number of aliphatic hydroxyl groups is 1. The molecular formula is C22H22N4O2. The van der Waals surface area contributed by atoms with Gasteiger partial charge in [-0.25, -0.2) is 0 Å². The van der Waals surface area contributed by atoms with Gasteiger partial charge >= 0.3 is 0 Å². The van der Waals surface area contributed by atoms with Crippen LogP contribution in [0.15, 0.2) is 53.5 Å². The van der Waals surface area contributed by atoms with Crippen molar-refractivity contribution in [3.63, 3.8) is 0 Å². The molecule has 0 amide bonds. The topological polar surface area (TPSA) is 101 Å². The SMILES string of the molecule is CC1(C)Oc2ccc(C#N)cc2[C@@H](N=C(CCc2ccccc2)NC#N)[C@@H]1O. The quantitative estimate of drug-likeness (QED) is 0.370. The van der Waals surface area contributed by atoms with Gasteiger partial charge in [-0.05, 0) is 44.0 Å². The predicted octanol–water partition coefficient (Wildman–Crippen LogP) is 3.23. The minimum Gasteiger partial charge on any atom is -0.485 e. The van der Waals surface area contributed by atoms with E-state index in [0.29, 0.717) is 35.6 Å². The van der Waals surface area contributed by atoms with Crippen LogP contribution in [0.2, 0.25) is 0 Å². The highest BCUT2D eigenvalue weighted by Crippen LogP contribution is 2.42. The Labute approximate surface area is 164 Å². The van der Waals surface area contributed by atoms with Crippen molar-refractivity contribution >= 4 is 5.84 Å². The second-order valence-electron chi connectivity index (χ2n) is 7.26. The minimum absolute atomic E-state index is 0.466. The third-order valence-corrected chi connectivity index (χ3v) is 4.83. The zero-order valence-electron chi connectivity index (χ0n) is 15.9. The van der Waals surface area contributed by atoms with E-state index < -0.39 is 17.7 Å². The van der Waals surface area contributed by atoms with Crippen LogP contribution in [0, 0.1) is 22.8 Å². The average Bonchev–Trinajstić information content (AvgIpc) is 2.70. The van der Waals surface area contributed by atoms with Crippen molar-refractivity contribution in [3.8, 4) is 18.0 Å². The molecule has 0 spiro atoms. The summed E-state index contributed by atoms with van der Waals surface area (Å²) in [4.78, 5) is 4.68. The molecular weight excluding hydrogens is 352 g/mol. The number of nitriles is 2. The van der Waals surface area contributed by atoms with E-state index in [1.165, 1.54) is 0 Å². The van der Waals surface area contributed by atoms with Gasteiger partial charge in [0.05, 0.1) is 11.6 Å². The van der Waals surface area contributed by atoms with Crippen LogP contribution in [0.4, 0.5) is 0 Å². The van der Waals surface area contributed by atoms with Crippen LogP contribution in [0.25, 0.3) is 0 Å². The van der Waals surface area contributed by atoms with Crippen molar-refractivity contribution in [2.24, 2.45) is 4.99 Å².